The number of carbonyl (C=O) groups is 1. The molecule has 0 saturated carbocycles. The second-order valence-corrected chi connectivity index (χ2v) is 4.52. The zero-order valence-electron chi connectivity index (χ0n) is 11.3. The van der Waals surface area contributed by atoms with E-state index in [4.69, 9.17) is 18.0 Å². The highest BCUT2D eigenvalue weighted by Crippen LogP contribution is 2.00. The third kappa shape index (κ3) is 4.92. The number of nitrogens with one attached hydrogen (secondary N) is 1. The largest absolute Gasteiger partial charge is 0.389 e. The highest BCUT2D eigenvalue weighted by atomic mass is 32.1. The van der Waals surface area contributed by atoms with Crippen LogP contribution in [0.3, 0.4) is 0 Å². The maximum absolute atomic E-state index is 11.8. The molecule has 0 spiro atoms. The van der Waals surface area contributed by atoms with Gasteiger partial charge >= 0.3 is 0 Å². The van der Waals surface area contributed by atoms with Crippen LogP contribution in [0.1, 0.15) is 29.9 Å². The summed E-state index contributed by atoms with van der Waals surface area (Å²) < 4.78 is 0. The molecular weight excluding hydrogens is 260 g/mol. The Morgan fingerprint density at radius 2 is 2.11 bits per heavy atom. The normalized spacial score (nSPS) is 10.5. The van der Waals surface area contributed by atoms with E-state index in [0.717, 1.165) is 19.6 Å². The number of thiocarbonyl (C=S) groups is 1. The first-order valence-corrected chi connectivity index (χ1v) is 6.75. The van der Waals surface area contributed by atoms with Gasteiger partial charge in [-0.25, -0.2) is 0 Å². The zero-order valence-corrected chi connectivity index (χ0v) is 12.2. The first kappa shape index (κ1) is 15.5. The lowest BCUT2D eigenvalue weighted by Crippen LogP contribution is -2.35. The zero-order chi connectivity index (χ0) is 14.3. The van der Waals surface area contributed by atoms with Crippen LogP contribution in [0.25, 0.3) is 0 Å². The van der Waals surface area contributed by atoms with Gasteiger partial charge in [-0.3, -0.25) is 9.78 Å². The van der Waals surface area contributed by atoms with Gasteiger partial charge < -0.3 is 16.0 Å². The van der Waals surface area contributed by atoms with Crippen LogP contribution in [0, 0.1) is 0 Å². The fraction of sp³-hybridized carbons (Fsp3) is 0.462. The second kappa shape index (κ2) is 7.81. The van der Waals surface area contributed by atoms with E-state index in [1.165, 1.54) is 6.20 Å². The van der Waals surface area contributed by atoms with E-state index in [-0.39, 0.29) is 10.9 Å². The van der Waals surface area contributed by atoms with Crippen molar-refractivity contribution in [1.82, 2.24) is 15.2 Å². The molecule has 1 heterocycles. The van der Waals surface area contributed by atoms with Crippen LogP contribution in [-0.2, 0) is 0 Å². The summed E-state index contributed by atoms with van der Waals surface area (Å²) in [6, 6.07) is 3.33. The number of nitrogens with zero attached hydrogens (tertiary/aromatic N) is 2. The number of likely N-dealkylation sites (N-methyl/N-ethyl adjacent to an activating group) is 1. The Kier molecular flexibility index (Phi) is 6.38. The first-order chi connectivity index (χ1) is 9.08. The molecule has 1 amide bonds. The average Bonchev–Trinajstić information content (AvgIpc) is 2.43. The van der Waals surface area contributed by atoms with Gasteiger partial charge in [-0.05, 0) is 25.2 Å². The molecule has 19 heavy (non-hydrogen) atoms. The minimum absolute atomic E-state index is 0.179. The molecule has 1 aromatic rings. The van der Waals surface area contributed by atoms with Crippen molar-refractivity contribution in [2.24, 2.45) is 5.73 Å². The van der Waals surface area contributed by atoms with Gasteiger partial charge in [-0.1, -0.05) is 26.1 Å². The number of carbonyl (C=O) groups excluding carboxylic acids is 1. The number of pyridine rings is 1. The average molecular weight is 280 g/mol. The Hall–Kier alpha value is -1.53. The lowest BCUT2D eigenvalue weighted by atomic mass is 10.2. The van der Waals surface area contributed by atoms with Crippen molar-refractivity contribution in [2.75, 3.05) is 26.2 Å². The van der Waals surface area contributed by atoms with E-state index < -0.39 is 0 Å². The summed E-state index contributed by atoms with van der Waals surface area (Å²) in [5, 5.41) is 2.84. The summed E-state index contributed by atoms with van der Waals surface area (Å²) >= 11 is 4.83. The Balaban J connectivity index is 2.47. The summed E-state index contributed by atoms with van der Waals surface area (Å²) in [5.41, 5.74) is 6.51. The van der Waals surface area contributed by atoms with Gasteiger partial charge in [0.1, 0.15) is 10.7 Å². The summed E-state index contributed by atoms with van der Waals surface area (Å²) in [5.74, 6) is -0.179. The van der Waals surface area contributed by atoms with Crippen molar-refractivity contribution in [2.45, 2.75) is 13.8 Å². The molecule has 0 aromatic carbocycles. The molecule has 0 unspecified atom stereocenters. The molecule has 0 fully saturated rings. The standard InChI is InChI=1S/C13H20N4OS/c1-3-17(4-2)8-7-15-13(18)11-6-5-10(9-16-11)12(14)19/h5-6,9H,3-4,7-8H2,1-2H3,(H2,14,19)(H,15,18). The van der Waals surface area contributed by atoms with Crippen molar-refractivity contribution < 1.29 is 4.79 Å². The van der Waals surface area contributed by atoms with Crippen LogP contribution in [0.4, 0.5) is 0 Å². The van der Waals surface area contributed by atoms with Crippen molar-refractivity contribution in [3.63, 3.8) is 0 Å². The molecule has 0 atom stereocenters. The smallest absolute Gasteiger partial charge is 0.269 e. The van der Waals surface area contributed by atoms with E-state index in [0.29, 0.717) is 17.8 Å². The van der Waals surface area contributed by atoms with Gasteiger partial charge in [-0.15, -0.1) is 0 Å². The number of rotatable bonds is 7. The highest BCUT2D eigenvalue weighted by Gasteiger charge is 2.07. The third-order valence-electron chi connectivity index (χ3n) is 2.89. The third-order valence-corrected chi connectivity index (χ3v) is 3.12. The topological polar surface area (TPSA) is 71.2 Å². The van der Waals surface area contributed by atoms with Crippen molar-refractivity contribution >= 4 is 23.1 Å². The molecule has 3 N–H and O–H groups in total. The van der Waals surface area contributed by atoms with Gasteiger partial charge in [0.25, 0.3) is 5.91 Å². The SMILES string of the molecule is CCN(CC)CCNC(=O)c1ccc(C(N)=S)cn1. The van der Waals surface area contributed by atoms with Crippen LogP contribution in [0.15, 0.2) is 18.3 Å². The summed E-state index contributed by atoms with van der Waals surface area (Å²) in [7, 11) is 0. The van der Waals surface area contributed by atoms with Gasteiger partial charge in [0.15, 0.2) is 0 Å². The van der Waals surface area contributed by atoms with E-state index in [2.05, 4.69) is 29.0 Å². The van der Waals surface area contributed by atoms with Gasteiger partial charge in [0, 0.05) is 24.8 Å². The number of hydrogen-bond acceptors (Lipinski definition) is 4. The minimum Gasteiger partial charge on any atom is -0.389 e. The highest BCUT2D eigenvalue weighted by molar-refractivity contribution is 7.80. The minimum atomic E-state index is -0.179. The fourth-order valence-corrected chi connectivity index (χ4v) is 1.75. The van der Waals surface area contributed by atoms with Crippen LogP contribution in [0.5, 0.6) is 0 Å². The molecule has 104 valence electrons. The van der Waals surface area contributed by atoms with Crippen LogP contribution >= 0.6 is 12.2 Å². The predicted octanol–water partition coefficient (Wildman–Crippen LogP) is 0.787. The van der Waals surface area contributed by atoms with Crippen LogP contribution < -0.4 is 11.1 Å². The first-order valence-electron chi connectivity index (χ1n) is 6.34. The van der Waals surface area contributed by atoms with Gasteiger partial charge in [0.2, 0.25) is 0 Å². The molecule has 0 aliphatic heterocycles. The van der Waals surface area contributed by atoms with Crippen LogP contribution in [-0.4, -0.2) is 47.0 Å². The van der Waals surface area contributed by atoms with Gasteiger partial charge in [-0.2, -0.15) is 0 Å². The number of aromatic nitrogens is 1. The van der Waals surface area contributed by atoms with Crippen molar-refractivity contribution in [1.29, 1.82) is 0 Å². The fourth-order valence-electron chi connectivity index (χ4n) is 1.63. The molecule has 6 heteroatoms. The summed E-state index contributed by atoms with van der Waals surface area (Å²) in [6.45, 7) is 7.60. The lowest BCUT2D eigenvalue weighted by molar-refractivity contribution is 0.0944. The molecule has 0 aliphatic carbocycles. The molecule has 0 aliphatic rings. The lowest BCUT2D eigenvalue weighted by Gasteiger charge is -2.17. The van der Waals surface area contributed by atoms with E-state index in [9.17, 15) is 4.79 Å². The van der Waals surface area contributed by atoms with E-state index in [1.54, 1.807) is 12.1 Å². The van der Waals surface area contributed by atoms with Crippen LogP contribution in [0.2, 0.25) is 0 Å². The van der Waals surface area contributed by atoms with Crippen molar-refractivity contribution in [3.05, 3.63) is 29.6 Å². The number of nitrogens with two attached hydrogens (primary N) is 1. The Morgan fingerprint density at radius 1 is 1.42 bits per heavy atom. The van der Waals surface area contributed by atoms with E-state index in [1.807, 2.05) is 0 Å². The van der Waals surface area contributed by atoms with E-state index >= 15 is 0 Å². The molecular formula is C13H20N4OS. The molecule has 1 rings (SSSR count). The maximum atomic E-state index is 11.8. The van der Waals surface area contributed by atoms with Crippen molar-refractivity contribution in [3.8, 4) is 0 Å². The maximum Gasteiger partial charge on any atom is 0.269 e. The van der Waals surface area contributed by atoms with Gasteiger partial charge in [0.05, 0.1) is 0 Å². The Labute approximate surface area is 119 Å². The predicted molar refractivity (Wildman–Crippen MR) is 80.2 cm³/mol. The number of hydrogen-bond donors (Lipinski definition) is 2. The number of amides is 1. The molecule has 0 bridgehead atoms. The molecule has 0 saturated heterocycles. The Morgan fingerprint density at radius 3 is 2.58 bits per heavy atom. The monoisotopic (exact) mass is 280 g/mol. The molecule has 1 aromatic heterocycles. The molecule has 5 nitrogen and oxygen atoms in total. The second-order valence-electron chi connectivity index (χ2n) is 4.08. The molecule has 0 radical (unpaired) electrons. The Bertz CT molecular complexity index is 429. The summed E-state index contributed by atoms with van der Waals surface area (Å²) in [4.78, 5) is 18.4. The quantitative estimate of drug-likeness (QED) is 0.723. The summed E-state index contributed by atoms with van der Waals surface area (Å²) in [6.07, 6.45) is 1.52.